The molecule has 1 amide bonds. The Kier molecular flexibility index (Phi) is 4.61. The minimum atomic E-state index is -0.532. The van der Waals surface area contributed by atoms with Gasteiger partial charge in [0.2, 0.25) is 0 Å². The lowest BCUT2D eigenvalue weighted by molar-refractivity contribution is -0.142. The molecule has 0 bridgehead atoms. The van der Waals surface area contributed by atoms with E-state index < -0.39 is 6.10 Å². The van der Waals surface area contributed by atoms with Crippen LogP contribution in [-0.4, -0.2) is 31.8 Å². The molecule has 2 rings (SSSR count). The van der Waals surface area contributed by atoms with Crippen molar-refractivity contribution in [1.29, 1.82) is 0 Å². The fourth-order valence-electron chi connectivity index (χ4n) is 1.44. The number of hydrogen-bond acceptors (Lipinski definition) is 3. The normalized spacial score (nSPS) is 20.0. The standard InChI is InChI=1S/C11H11ClINO3/c12-7-1-2-9(8(13)5-7)14-11(15)10-6-16-3-4-17-10/h1-2,5,10H,3-4,6H2,(H,14,15). The highest BCUT2D eigenvalue weighted by molar-refractivity contribution is 14.1. The van der Waals surface area contributed by atoms with Gasteiger partial charge >= 0.3 is 0 Å². The highest BCUT2D eigenvalue weighted by atomic mass is 127. The van der Waals surface area contributed by atoms with Gasteiger partial charge in [0.05, 0.1) is 25.5 Å². The Labute approximate surface area is 118 Å². The van der Waals surface area contributed by atoms with Crippen molar-refractivity contribution in [3.8, 4) is 0 Å². The van der Waals surface area contributed by atoms with Gasteiger partial charge < -0.3 is 14.8 Å². The van der Waals surface area contributed by atoms with Crippen LogP contribution in [0, 0.1) is 3.57 Å². The van der Waals surface area contributed by atoms with Gasteiger partial charge in [-0.2, -0.15) is 0 Å². The smallest absolute Gasteiger partial charge is 0.255 e. The fraction of sp³-hybridized carbons (Fsp3) is 0.364. The highest BCUT2D eigenvalue weighted by Gasteiger charge is 2.23. The van der Waals surface area contributed by atoms with E-state index in [1.54, 1.807) is 18.2 Å². The van der Waals surface area contributed by atoms with E-state index in [9.17, 15) is 4.79 Å². The van der Waals surface area contributed by atoms with Crippen molar-refractivity contribution in [3.05, 3.63) is 26.8 Å². The van der Waals surface area contributed by atoms with E-state index in [1.165, 1.54) is 0 Å². The van der Waals surface area contributed by atoms with Gasteiger partial charge in [-0.1, -0.05) is 11.6 Å². The van der Waals surface area contributed by atoms with Gasteiger partial charge in [-0.25, -0.2) is 0 Å². The SMILES string of the molecule is O=C(Nc1ccc(Cl)cc1I)C1COCCO1. The molecule has 4 nitrogen and oxygen atoms in total. The zero-order valence-electron chi connectivity index (χ0n) is 8.91. The molecule has 6 heteroatoms. The molecule has 1 heterocycles. The van der Waals surface area contributed by atoms with E-state index in [0.717, 1.165) is 9.26 Å². The molecule has 1 aliphatic heterocycles. The summed E-state index contributed by atoms with van der Waals surface area (Å²) in [6.45, 7) is 1.30. The number of anilines is 1. The summed E-state index contributed by atoms with van der Waals surface area (Å²) < 4.78 is 11.4. The third kappa shape index (κ3) is 3.54. The van der Waals surface area contributed by atoms with Crippen LogP contribution in [0.25, 0.3) is 0 Å². The van der Waals surface area contributed by atoms with Gasteiger partial charge in [0.1, 0.15) is 0 Å². The Morgan fingerprint density at radius 3 is 2.94 bits per heavy atom. The number of rotatable bonds is 2. The maximum Gasteiger partial charge on any atom is 0.255 e. The molecular weight excluding hydrogens is 356 g/mol. The molecule has 1 saturated heterocycles. The van der Waals surface area contributed by atoms with Crippen LogP contribution in [0.15, 0.2) is 18.2 Å². The summed E-state index contributed by atoms with van der Waals surface area (Å²) in [6, 6.07) is 5.29. The summed E-state index contributed by atoms with van der Waals surface area (Å²) in [6.07, 6.45) is -0.532. The Morgan fingerprint density at radius 2 is 2.29 bits per heavy atom. The second-order valence-corrected chi connectivity index (χ2v) is 5.15. The zero-order chi connectivity index (χ0) is 12.3. The quantitative estimate of drug-likeness (QED) is 0.816. The third-order valence-corrected chi connectivity index (χ3v) is 3.42. The van der Waals surface area contributed by atoms with Crippen molar-refractivity contribution >= 4 is 45.8 Å². The molecular formula is C11H11ClINO3. The predicted octanol–water partition coefficient (Wildman–Crippen LogP) is 2.30. The molecule has 1 aromatic rings. The number of nitrogens with one attached hydrogen (secondary N) is 1. The van der Waals surface area contributed by atoms with E-state index in [4.69, 9.17) is 21.1 Å². The molecule has 0 aliphatic carbocycles. The first-order chi connectivity index (χ1) is 8.16. The lowest BCUT2D eigenvalue weighted by Crippen LogP contribution is -2.39. The van der Waals surface area contributed by atoms with Crippen LogP contribution in [-0.2, 0) is 14.3 Å². The summed E-state index contributed by atoms with van der Waals surface area (Å²) in [4.78, 5) is 11.9. The Morgan fingerprint density at radius 1 is 1.47 bits per heavy atom. The van der Waals surface area contributed by atoms with Crippen molar-refractivity contribution in [2.45, 2.75) is 6.10 Å². The molecule has 1 fully saturated rings. The number of hydrogen-bond donors (Lipinski definition) is 1. The number of carbonyl (C=O) groups excluding carboxylic acids is 1. The minimum absolute atomic E-state index is 0.190. The van der Waals surface area contributed by atoms with Gasteiger partial charge in [-0.3, -0.25) is 4.79 Å². The molecule has 1 unspecified atom stereocenters. The largest absolute Gasteiger partial charge is 0.376 e. The lowest BCUT2D eigenvalue weighted by Gasteiger charge is -2.22. The molecule has 1 atom stereocenters. The van der Waals surface area contributed by atoms with Crippen molar-refractivity contribution in [2.75, 3.05) is 25.1 Å². The first-order valence-corrected chi connectivity index (χ1v) is 6.58. The van der Waals surface area contributed by atoms with Crippen LogP contribution in [0.1, 0.15) is 0 Å². The van der Waals surface area contributed by atoms with Crippen LogP contribution in [0.3, 0.4) is 0 Å². The Hall–Kier alpha value is -0.370. The fourth-order valence-corrected chi connectivity index (χ4v) is 2.45. The van der Waals surface area contributed by atoms with Gasteiger partial charge in [0.15, 0.2) is 6.10 Å². The second kappa shape index (κ2) is 5.99. The van der Waals surface area contributed by atoms with E-state index in [2.05, 4.69) is 27.9 Å². The summed E-state index contributed by atoms with van der Waals surface area (Å²) in [5, 5.41) is 3.44. The second-order valence-electron chi connectivity index (χ2n) is 3.55. The maximum absolute atomic E-state index is 11.9. The number of benzene rings is 1. The molecule has 17 heavy (non-hydrogen) atoms. The third-order valence-electron chi connectivity index (χ3n) is 2.30. The van der Waals surface area contributed by atoms with Crippen LogP contribution in [0.5, 0.6) is 0 Å². The predicted molar refractivity (Wildman–Crippen MR) is 73.4 cm³/mol. The van der Waals surface area contributed by atoms with Crippen molar-refractivity contribution < 1.29 is 14.3 Å². The van der Waals surface area contributed by atoms with E-state index >= 15 is 0 Å². The van der Waals surface area contributed by atoms with Crippen molar-refractivity contribution in [2.24, 2.45) is 0 Å². The molecule has 0 spiro atoms. The van der Waals surface area contributed by atoms with Crippen LogP contribution in [0.2, 0.25) is 5.02 Å². The van der Waals surface area contributed by atoms with E-state index in [-0.39, 0.29) is 5.91 Å². The van der Waals surface area contributed by atoms with Gasteiger partial charge in [-0.05, 0) is 40.8 Å². The molecule has 1 N–H and O–H groups in total. The summed E-state index contributed by atoms with van der Waals surface area (Å²) in [5.74, 6) is -0.190. The van der Waals surface area contributed by atoms with Gasteiger partial charge in [0, 0.05) is 8.59 Å². The van der Waals surface area contributed by atoms with Gasteiger partial charge in [-0.15, -0.1) is 0 Å². The molecule has 0 aromatic heterocycles. The monoisotopic (exact) mass is 367 g/mol. The summed E-state index contributed by atoms with van der Waals surface area (Å²) in [5.41, 5.74) is 0.731. The number of amides is 1. The molecule has 0 saturated carbocycles. The first-order valence-electron chi connectivity index (χ1n) is 5.12. The average molecular weight is 368 g/mol. The maximum atomic E-state index is 11.9. The summed E-state index contributed by atoms with van der Waals surface area (Å²) in [7, 11) is 0. The number of ether oxygens (including phenoxy) is 2. The number of halogens is 2. The zero-order valence-corrected chi connectivity index (χ0v) is 11.8. The van der Waals surface area contributed by atoms with Crippen molar-refractivity contribution in [3.63, 3.8) is 0 Å². The molecule has 1 aliphatic rings. The molecule has 92 valence electrons. The summed E-state index contributed by atoms with van der Waals surface area (Å²) >= 11 is 7.96. The molecule has 0 radical (unpaired) electrons. The Balaban J connectivity index is 2.02. The molecule has 1 aromatic carbocycles. The van der Waals surface area contributed by atoms with Crippen LogP contribution in [0.4, 0.5) is 5.69 Å². The van der Waals surface area contributed by atoms with E-state index in [0.29, 0.717) is 24.8 Å². The minimum Gasteiger partial charge on any atom is -0.376 e. The highest BCUT2D eigenvalue weighted by Crippen LogP contribution is 2.22. The van der Waals surface area contributed by atoms with Crippen LogP contribution < -0.4 is 5.32 Å². The topological polar surface area (TPSA) is 47.6 Å². The van der Waals surface area contributed by atoms with Crippen LogP contribution >= 0.6 is 34.2 Å². The van der Waals surface area contributed by atoms with Crippen molar-refractivity contribution in [1.82, 2.24) is 0 Å². The Bertz CT molecular complexity index is 421. The number of carbonyl (C=O) groups is 1. The van der Waals surface area contributed by atoms with E-state index in [1.807, 2.05) is 0 Å². The average Bonchev–Trinajstić information content (AvgIpc) is 2.34. The lowest BCUT2D eigenvalue weighted by atomic mass is 10.3. The first kappa shape index (κ1) is 13.1. The van der Waals surface area contributed by atoms with Gasteiger partial charge in [0.25, 0.3) is 5.91 Å².